The number of hydrogen-bond acceptors (Lipinski definition) is 5. The van der Waals surface area contributed by atoms with Crippen molar-refractivity contribution in [3.05, 3.63) is 28.3 Å². The van der Waals surface area contributed by atoms with Crippen molar-refractivity contribution < 1.29 is 24.5 Å². The van der Waals surface area contributed by atoms with Crippen molar-refractivity contribution in [3.63, 3.8) is 0 Å². The van der Waals surface area contributed by atoms with Crippen molar-refractivity contribution in [2.45, 2.75) is 26.4 Å². The molecular weight excluding hydrogens is 216 g/mol. The van der Waals surface area contributed by atoms with Crippen LogP contribution in [0.4, 0.5) is 0 Å². The van der Waals surface area contributed by atoms with Gasteiger partial charge in [-0.05, 0) is 6.42 Å². The first-order valence-corrected chi connectivity index (χ1v) is 4.64. The second-order valence-corrected chi connectivity index (χ2v) is 2.90. The van der Waals surface area contributed by atoms with Crippen LogP contribution in [0.2, 0.25) is 0 Å². The molecule has 0 spiro atoms. The third-order valence-electron chi connectivity index (χ3n) is 1.49. The van der Waals surface area contributed by atoms with Crippen molar-refractivity contribution in [3.8, 4) is 5.75 Å². The molecule has 0 amide bonds. The van der Waals surface area contributed by atoms with Gasteiger partial charge in [0, 0.05) is 12.5 Å². The summed E-state index contributed by atoms with van der Waals surface area (Å²) in [4.78, 5) is 20.2. The fourth-order valence-electron chi connectivity index (χ4n) is 0.741. The summed E-state index contributed by atoms with van der Waals surface area (Å²) in [6.45, 7) is 1.50. The molecule has 16 heavy (non-hydrogen) atoms. The van der Waals surface area contributed by atoms with E-state index in [-0.39, 0.29) is 12.4 Å². The van der Waals surface area contributed by atoms with Gasteiger partial charge in [-0.15, -0.1) is 0 Å². The minimum atomic E-state index is -0.711. The maximum atomic E-state index is 10.6. The smallest absolute Gasteiger partial charge is 0.303 e. The van der Waals surface area contributed by atoms with Crippen molar-refractivity contribution in [1.29, 1.82) is 0 Å². The van der Waals surface area contributed by atoms with Crippen molar-refractivity contribution in [2.24, 2.45) is 0 Å². The maximum absolute atomic E-state index is 10.6. The van der Waals surface area contributed by atoms with Crippen molar-refractivity contribution >= 4 is 5.97 Å². The number of aromatic hydroxyl groups is 1. The number of aliphatic hydroxyl groups excluding tert-OH is 1. The molecule has 0 aliphatic carbocycles. The molecule has 6 nitrogen and oxygen atoms in total. The molecule has 0 aliphatic rings. The first kappa shape index (κ1) is 14.2. The van der Waals surface area contributed by atoms with E-state index in [4.69, 9.17) is 15.3 Å². The fraction of sp³-hybridized carbons (Fsp3) is 0.400. The number of carbonyl (C=O) groups is 1. The zero-order valence-corrected chi connectivity index (χ0v) is 8.84. The largest absolute Gasteiger partial charge is 0.502 e. The van der Waals surface area contributed by atoms with Crippen LogP contribution in [-0.2, 0) is 11.4 Å². The molecular formula is C10H14O6. The number of carboxylic acids is 1. The average molecular weight is 230 g/mol. The van der Waals surface area contributed by atoms with Gasteiger partial charge in [-0.3, -0.25) is 9.59 Å². The van der Waals surface area contributed by atoms with Gasteiger partial charge in [0.15, 0.2) is 5.75 Å². The molecule has 1 aromatic rings. The van der Waals surface area contributed by atoms with Crippen LogP contribution in [0.25, 0.3) is 0 Å². The summed E-state index contributed by atoms with van der Waals surface area (Å²) in [5, 5.41) is 25.0. The molecule has 90 valence electrons. The molecule has 0 aromatic carbocycles. The summed E-state index contributed by atoms with van der Waals surface area (Å²) in [5.74, 6) is -1.02. The minimum Gasteiger partial charge on any atom is -0.502 e. The summed E-state index contributed by atoms with van der Waals surface area (Å²) >= 11 is 0. The molecule has 0 radical (unpaired) electrons. The molecule has 0 saturated carbocycles. The second-order valence-electron chi connectivity index (χ2n) is 2.90. The monoisotopic (exact) mass is 230 g/mol. The van der Waals surface area contributed by atoms with Crippen LogP contribution in [-0.4, -0.2) is 21.3 Å². The van der Waals surface area contributed by atoms with E-state index in [9.17, 15) is 9.59 Å². The van der Waals surface area contributed by atoms with Crippen LogP contribution in [0.5, 0.6) is 5.75 Å². The topological polar surface area (TPSA) is 108 Å². The Morgan fingerprint density at radius 1 is 1.50 bits per heavy atom. The van der Waals surface area contributed by atoms with Gasteiger partial charge < -0.3 is 19.7 Å². The maximum Gasteiger partial charge on any atom is 0.303 e. The lowest BCUT2D eigenvalue weighted by Gasteiger charge is -1.92. The lowest BCUT2D eigenvalue weighted by atomic mass is 10.4. The van der Waals surface area contributed by atoms with E-state index >= 15 is 0 Å². The average Bonchev–Trinajstić information content (AvgIpc) is 2.23. The molecule has 1 aromatic heterocycles. The summed E-state index contributed by atoms with van der Waals surface area (Å²) < 4.78 is 4.59. The molecule has 1 rings (SSSR count). The van der Waals surface area contributed by atoms with Gasteiger partial charge in [0.25, 0.3) is 0 Å². The minimum absolute atomic E-state index is 0.141. The lowest BCUT2D eigenvalue weighted by Crippen LogP contribution is -1.99. The second kappa shape index (κ2) is 7.47. The van der Waals surface area contributed by atoms with Crippen LogP contribution < -0.4 is 5.43 Å². The summed E-state index contributed by atoms with van der Waals surface area (Å²) in [6, 6.07) is 1.04. The van der Waals surface area contributed by atoms with Gasteiger partial charge in [-0.2, -0.15) is 0 Å². The predicted molar refractivity (Wildman–Crippen MR) is 55.1 cm³/mol. The van der Waals surface area contributed by atoms with E-state index in [0.29, 0.717) is 6.42 Å². The molecule has 3 N–H and O–H groups in total. The third-order valence-corrected chi connectivity index (χ3v) is 1.49. The van der Waals surface area contributed by atoms with Crippen LogP contribution >= 0.6 is 0 Å². The normalized spacial score (nSPS) is 9.12. The van der Waals surface area contributed by atoms with Crippen molar-refractivity contribution in [2.75, 3.05) is 0 Å². The Bertz CT molecular complexity index is 381. The first-order chi connectivity index (χ1) is 7.51. The molecule has 6 heteroatoms. The SMILES string of the molecule is CCCC(=O)O.O=c1cc(CO)occ1O. The van der Waals surface area contributed by atoms with Gasteiger partial charge in [0.05, 0.1) is 0 Å². The molecule has 0 unspecified atom stereocenters. The predicted octanol–water partition coefficient (Wildman–Crippen LogP) is 0.709. The zero-order chi connectivity index (χ0) is 12.6. The molecule has 0 aliphatic heterocycles. The zero-order valence-electron chi connectivity index (χ0n) is 8.84. The molecule has 1 heterocycles. The van der Waals surface area contributed by atoms with Gasteiger partial charge in [0.2, 0.25) is 5.43 Å². The van der Waals surface area contributed by atoms with Crippen LogP contribution in [0.15, 0.2) is 21.5 Å². The number of rotatable bonds is 3. The van der Waals surface area contributed by atoms with E-state index < -0.39 is 17.1 Å². The lowest BCUT2D eigenvalue weighted by molar-refractivity contribution is -0.137. The van der Waals surface area contributed by atoms with E-state index in [1.807, 2.05) is 6.92 Å². The Morgan fingerprint density at radius 3 is 2.44 bits per heavy atom. The fourth-order valence-corrected chi connectivity index (χ4v) is 0.741. The van der Waals surface area contributed by atoms with Crippen LogP contribution in [0.3, 0.4) is 0 Å². The Kier molecular flexibility index (Phi) is 6.62. The summed E-state index contributed by atoms with van der Waals surface area (Å²) in [6.07, 6.45) is 1.92. The van der Waals surface area contributed by atoms with Crippen LogP contribution in [0, 0.1) is 0 Å². The molecule has 0 bridgehead atoms. The number of carboxylic acid groups (broad SMARTS) is 1. The van der Waals surface area contributed by atoms with Crippen LogP contribution in [0.1, 0.15) is 25.5 Å². The highest BCUT2D eigenvalue weighted by Gasteiger charge is 1.98. The van der Waals surface area contributed by atoms with Gasteiger partial charge in [0.1, 0.15) is 18.6 Å². The highest BCUT2D eigenvalue weighted by Crippen LogP contribution is 2.01. The van der Waals surface area contributed by atoms with Gasteiger partial charge in [-0.1, -0.05) is 6.92 Å². The van der Waals surface area contributed by atoms with Gasteiger partial charge >= 0.3 is 5.97 Å². The highest BCUT2D eigenvalue weighted by atomic mass is 16.4. The van der Waals surface area contributed by atoms with Crippen molar-refractivity contribution in [1.82, 2.24) is 0 Å². The number of aliphatic hydroxyl groups is 1. The first-order valence-electron chi connectivity index (χ1n) is 4.64. The molecule has 0 atom stereocenters. The Labute approximate surface area is 91.8 Å². The highest BCUT2D eigenvalue weighted by molar-refractivity contribution is 5.66. The Hall–Kier alpha value is -1.82. The summed E-state index contributed by atoms with van der Waals surface area (Å²) in [7, 11) is 0. The molecule has 0 fully saturated rings. The van der Waals surface area contributed by atoms with E-state index in [1.54, 1.807) is 0 Å². The quantitative estimate of drug-likeness (QED) is 0.705. The number of aliphatic carboxylic acids is 1. The van der Waals surface area contributed by atoms with E-state index in [0.717, 1.165) is 18.8 Å². The molecule has 0 saturated heterocycles. The van der Waals surface area contributed by atoms with E-state index in [1.165, 1.54) is 0 Å². The van der Waals surface area contributed by atoms with Gasteiger partial charge in [-0.25, -0.2) is 0 Å². The van der Waals surface area contributed by atoms with E-state index in [2.05, 4.69) is 4.42 Å². The third kappa shape index (κ3) is 5.82. The Balaban J connectivity index is 0.000000325. The standard InChI is InChI=1S/C6H6O4.C4H8O2/c7-2-4-1-5(8)6(9)3-10-4;1-2-3-4(5)6/h1,3,7,9H,2H2;2-3H2,1H3,(H,5,6). The summed E-state index contributed by atoms with van der Waals surface area (Å²) in [5.41, 5.74) is -0.546. The number of hydrogen-bond donors (Lipinski definition) is 3. The Morgan fingerprint density at radius 2 is 2.12 bits per heavy atom.